The molecule has 2 rings (SSSR count). The molecule has 0 radical (unpaired) electrons. The second-order valence-electron chi connectivity index (χ2n) is 4.75. The van der Waals surface area contributed by atoms with Gasteiger partial charge >= 0.3 is 0 Å². The van der Waals surface area contributed by atoms with Gasteiger partial charge in [-0.3, -0.25) is 0 Å². The first kappa shape index (κ1) is 12.5. The van der Waals surface area contributed by atoms with Crippen molar-refractivity contribution in [2.24, 2.45) is 5.92 Å². The molecule has 1 saturated heterocycles. The number of hydrogen-bond donors (Lipinski definition) is 1. The highest BCUT2D eigenvalue weighted by Gasteiger charge is 2.19. The molecule has 1 aliphatic heterocycles. The number of halogens is 2. The molecule has 1 atom stereocenters. The highest BCUT2D eigenvalue weighted by Crippen LogP contribution is 2.14. The summed E-state index contributed by atoms with van der Waals surface area (Å²) in [5, 5.41) is 3.14. The van der Waals surface area contributed by atoms with Crippen molar-refractivity contribution in [1.82, 2.24) is 10.2 Å². The van der Waals surface area contributed by atoms with Crippen LogP contribution in [0, 0.1) is 17.6 Å². The van der Waals surface area contributed by atoms with Crippen molar-refractivity contribution in [2.75, 3.05) is 26.7 Å². The maximum Gasteiger partial charge on any atom is 0.130 e. The van der Waals surface area contributed by atoms with Crippen LogP contribution in [0.25, 0.3) is 0 Å². The molecule has 1 N–H and O–H groups in total. The molecule has 0 aromatic heterocycles. The van der Waals surface area contributed by atoms with Crippen LogP contribution in [-0.2, 0) is 6.54 Å². The second-order valence-corrected chi connectivity index (χ2v) is 4.75. The summed E-state index contributed by atoms with van der Waals surface area (Å²) in [6.45, 7) is 3.25. The fourth-order valence-corrected chi connectivity index (χ4v) is 2.30. The molecule has 17 heavy (non-hydrogen) atoms. The molecule has 0 spiro atoms. The van der Waals surface area contributed by atoms with Crippen LogP contribution in [-0.4, -0.2) is 31.6 Å². The fraction of sp³-hybridized carbons (Fsp3) is 0.538. The maximum atomic E-state index is 13.3. The summed E-state index contributed by atoms with van der Waals surface area (Å²) in [6, 6.07) is 3.98. The minimum atomic E-state index is -0.471. The van der Waals surface area contributed by atoms with Crippen LogP contribution in [0.2, 0.25) is 0 Å². The van der Waals surface area contributed by atoms with Gasteiger partial charge in [-0.05, 0) is 44.6 Å². The van der Waals surface area contributed by atoms with Crippen LogP contribution in [0.3, 0.4) is 0 Å². The van der Waals surface area contributed by atoms with Gasteiger partial charge in [0.15, 0.2) is 0 Å². The molecule has 0 amide bonds. The summed E-state index contributed by atoms with van der Waals surface area (Å²) in [5.74, 6) is -0.350. The van der Waals surface area contributed by atoms with Gasteiger partial charge < -0.3 is 10.2 Å². The molecule has 94 valence electrons. The number of rotatable bonds is 4. The summed E-state index contributed by atoms with van der Waals surface area (Å²) < 4.78 is 26.6. The van der Waals surface area contributed by atoms with Gasteiger partial charge in [0.25, 0.3) is 0 Å². The smallest absolute Gasteiger partial charge is 0.130 e. The van der Waals surface area contributed by atoms with E-state index in [-0.39, 0.29) is 12.1 Å². The molecule has 0 aliphatic carbocycles. The molecule has 1 fully saturated rings. The number of benzene rings is 1. The number of nitrogens with one attached hydrogen (secondary N) is 1. The third-order valence-corrected chi connectivity index (χ3v) is 3.29. The molecule has 1 aliphatic rings. The Bertz CT molecular complexity index is 361. The topological polar surface area (TPSA) is 15.3 Å². The molecule has 0 bridgehead atoms. The standard InChI is InChI=1S/C13H18F2N2/c1-17-6-5-10(9-17)7-16-8-11-12(14)3-2-4-13(11)15/h2-4,10,16H,5-9H2,1H3. The maximum absolute atomic E-state index is 13.3. The Morgan fingerprint density at radius 1 is 1.35 bits per heavy atom. The van der Waals surface area contributed by atoms with Crippen molar-refractivity contribution in [2.45, 2.75) is 13.0 Å². The number of likely N-dealkylation sites (tertiary alicyclic amines) is 1. The first-order chi connectivity index (χ1) is 8.16. The van der Waals surface area contributed by atoms with Crippen molar-refractivity contribution in [3.8, 4) is 0 Å². The molecule has 4 heteroatoms. The third-order valence-electron chi connectivity index (χ3n) is 3.29. The normalized spacial score (nSPS) is 21.0. The van der Waals surface area contributed by atoms with Gasteiger partial charge in [0, 0.05) is 18.7 Å². The number of nitrogens with zero attached hydrogens (tertiary/aromatic N) is 1. The van der Waals surface area contributed by atoms with Gasteiger partial charge in [-0.15, -0.1) is 0 Å². The van der Waals surface area contributed by atoms with Crippen LogP contribution >= 0.6 is 0 Å². The average molecular weight is 240 g/mol. The lowest BCUT2D eigenvalue weighted by molar-refractivity contribution is 0.387. The van der Waals surface area contributed by atoms with Gasteiger partial charge in [0.1, 0.15) is 11.6 Å². The van der Waals surface area contributed by atoms with Crippen molar-refractivity contribution >= 4 is 0 Å². The van der Waals surface area contributed by atoms with Gasteiger partial charge in [-0.1, -0.05) is 6.07 Å². The van der Waals surface area contributed by atoms with Crippen LogP contribution in [0.15, 0.2) is 18.2 Å². The van der Waals surface area contributed by atoms with E-state index in [0.29, 0.717) is 5.92 Å². The van der Waals surface area contributed by atoms with Crippen LogP contribution < -0.4 is 5.32 Å². The van der Waals surface area contributed by atoms with E-state index in [2.05, 4.69) is 17.3 Å². The summed E-state index contributed by atoms with van der Waals surface area (Å²) in [4.78, 5) is 2.27. The number of hydrogen-bond acceptors (Lipinski definition) is 2. The predicted molar refractivity (Wildman–Crippen MR) is 63.7 cm³/mol. The SMILES string of the molecule is CN1CCC(CNCc2c(F)cccc2F)C1. The quantitative estimate of drug-likeness (QED) is 0.866. The lowest BCUT2D eigenvalue weighted by atomic mass is 10.1. The van der Waals surface area contributed by atoms with Gasteiger partial charge in [0.2, 0.25) is 0 Å². The molecule has 1 aromatic rings. The largest absolute Gasteiger partial charge is 0.312 e. The van der Waals surface area contributed by atoms with Gasteiger partial charge in [-0.2, -0.15) is 0 Å². The molecule has 1 aromatic carbocycles. The first-order valence-corrected chi connectivity index (χ1v) is 5.99. The third kappa shape index (κ3) is 3.23. The fourth-order valence-electron chi connectivity index (χ4n) is 2.30. The summed E-state index contributed by atoms with van der Waals surface area (Å²) >= 11 is 0. The summed E-state index contributed by atoms with van der Waals surface area (Å²) in [5.41, 5.74) is 0.138. The Morgan fingerprint density at radius 3 is 2.65 bits per heavy atom. The van der Waals surface area contributed by atoms with Gasteiger partial charge in [0.05, 0.1) is 0 Å². The van der Waals surface area contributed by atoms with Crippen LogP contribution in [0.1, 0.15) is 12.0 Å². The van der Waals surface area contributed by atoms with E-state index < -0.39 is 11.6 Å². The highest BCUT2D eigenvalue weighted by molar-refractivity contribution is 5.19. The Balaban J connectivity index is 1.82. The Morgan fingerprint density at radius 2 is 2.06 bits per heavy atom. The molecule has 1 heterocycles. The summed E-state index contributed by atoms with van der Waals surface area (Å²) in [7, 11) is 2.09. The molecule has 0 saturated carbocycles. The van der Waals surface area contributed by atoms with Crippen molar-refractivity contribution < 1.29 is 8.78 Å². The van der Waals surface area contributed by atoms with E-state index in [1.807, 2.05) is 0 Å². The van der Waals surface area contributed by atoms with Crippen molar-refractivity contribution in [3.05, 3.63) is 35.4 Å². The zero-order chi connectivity index (χ0) is 12.3. The monoisotopic (exact) mass is 240 g/mol. The van der Waals surface area contributed by atoms with E-state index in [9.17, 15) is 8.78 Å². The highest BCUT2D eigenvalue weighted by atomic mass is 19.1. The average Bonchev–Trinajstić information content (AvgIpc) is 2.69. The van der Waals surface area contributed by atoms with E-state index in [0.717, 1.165) is 26.1 Å². The molecular weight excluding hydrogens is 222 g/mol. The zero-order valence-electron chi connectivity index (χ0n) is 10.0. The molecule has 1 unspecified atom stereocenters. The van der Waals surface area contributed by atoms with E-state index in [1.54, 1.807) is 0 Å². The second kappa shape index (κ2) is 5.56. The van der Waals surface area contributed by atoms with Crippen LogP contribution in [0.5, 0.6) is 0 Å². The van der Waals surface area contributed by atoms with E-state index >= 15 is 0 Å². The lowest BCUT2D eigenvalue weighted by Gasteiger charge is -2.12. The Kier molecular flexibility index (Phi) is 4.07. The zero-order valence-corrected chi connectivity index (χ0v) is 10.0. The first-order valence-electron chi connectivity index (χ1n) is 5.99. The predicted octanol–water partition coefficient (Wildman–Crippen LogP) is 2.01. The lowest BCUT2D eigenvalue weighted by Crippen LogP contribution is -2.25. The van der Waals surface area contributed by atoms with E-state index in [4.69, 9.17) is 0 Å². The minimum absolute atomic E-state index is 0.138. The van der Waals surface area contributed by atoms with Gasteiger partial charge in [-0.25, -0.2) is 8.78 Å². The van der Waals surface area contributed by atoms with Crippen LogP contribution in [0.4, 0.5) is 8.78 Å². The summed E-state index contributed by atoms with van der Waals surface area (Å²) in [6.07, 6.45) is 1.16. The molecular formula is C13H18F2N2. The van der Waals surface area contributed by atoms with E-state index in [1.165, 1.54) is 18.2 Å². The Hall–Kier alpha value is -1.00. The Labute approximate surface area is 101 Å². The van der Waals surface area contributed by atoms with Crippen molar-refractivity contribution in [3.63, 3.8) is 0 Å². The minimum Gasteiger partial charge on any atom is -0.312 e. The molecule has 2 nitrogen and oxygen atoms in total. The van der Waals surface area contributed by atoms with Crippen molar-refractivity contribution in [1.29, 1.82) is 0 Å².